The van der Waals surface area contributed by atoms with Crippen molar-refractivity contribution in [2.45, 2.75) is 52.3 Å². The zero-order valence-electron chi connectivity index (χ0n) is 15.5. The van der Waals surface area contributed by atoms with Gasteiger partial charge in [0.1, 0.15) is 11.4 Å². The third-order valence-corrected chi connectivity index (χ3v) is 5.48. The van der Waals surface area contributed by atoms with Gasteiger partial charge in [0.05, 0.1) is 18.1 Å². The van der Waals surface area contributed by atoms with Crippen LogP contribution in [0.4, 0.5) is 0 Å². The molecule has 1 aromatic rings. The van der Waals surface area contributed by atoms with Crippen LogP contribution in [0.15, 0.2) is 29.3 Å². The largest absolute Gasteiger partial charge is 0.488 e. The molecule has 0 bridgehead atoms. The van der Waals surface area contributed by atoms with Gasteiger partial charge in [-0.2, -0.15) is 0 Å². The molecule has 0 spiro atoms. The van der Waals surface area contributed by atoms with Gasteiger partial charge in [-0.15, -0.1) is 0 Å². The molecule has 1 unspecified atom stereocenters. The molecule has 1 atom stereocenters. The van der Waals surface area contributed by atoms with Gasteiger partial charge in [0.2, 0.25) is 0 Å². The van der Waals surface area contributed by atoms with Gasteiger partial charge < -0.3 is 15.4 Å². The molecule has 0 saturated carbocycles. The van der Waals surface area contributed by atoms with E-state index in [4.69, 9.17) is 4.74 Å². The second-order valence-corrected chi connectivity index (χ2v) is 9.49. The Labute approximate surface area is 151 Å². The molecule has 1 heterocycles. The molecule has 6 nitrogen and oxygen atoms in total. The van der Waals surface area contributed by atoms with Crippen molar-refractivity contribution in [2.75, 3.05) is 18.1 Å². The standard InChI is InChI=1S/C18H29N3O3S/c1-5-19-17(21-15-10-11-25(22,23)13-15)20-12-14-8-6-7-9-16(14)24-18(2,3)4/h6-9,15H,5,10-13H2,1-4H3,(H2,19,20,21). The third kappa shape index (κ3) is 6.57. The van der Waals surface area contributed by atoms with E-state index in [0.29, 0.717) is 25.5 Å². The number of guanidine groups is 1. The highest BCUT2D eigenvalue weighted by molar-refractivity contribution is 7.91. The van der Waals surface area contributed by atoms with Crippen molar-refractivity contribution in [1.29, 1.82) is 0 Å². The predicted molar refractivity (Wildman–Crippen MR) is 102 cm³/mol. The van der Waals surface area contributed by atoms with Crippen molar-refractivity contribution in [3.8, 4) is 5.75 Å². The Balaban J connectivity index is 2.09. The van der Waals surface area contributed by atoms with Crippen LogP contribution in [-0.4, -0.2) is 44.1 Å². The molecule has 25 heavy (non-hydrogen) atoms. The van der Waals surface area contributed by atoms with Gasteiger partial charge in [-0.1, -0.05) is 18.2 Å². The molecule has 1 aromatic carbocycles. The van der Waals surface area contributed by atoms with Crippen molar-refractivity contribution in [3.05, 3.63) is 29.8 Å². The highest BCUT2D eigenvalue weighted by Crippen LogP contribution is 2.23. The highest BCUT2D eigenvalue weighted by atomic mass is 32.2. The SMILES string of the molecule is CCNC(=NCc1ccccc1OC(C)(C)C)NC1CCS(=O)(=O)C1. The van der Waals surface area contributed by atoms with Crippen LogP contribution in [0, 0.1) is 0 Å². The maximum atomic E-state index is 11.6. The minimum absolute atomic E-state index is 0.0798. The van der Waals surface area contributed by atoms with Crippen LogP contribution in [0.25, 0.3) is 0 Å². The fourth-order valence-electron chi connectivity index (χ4n) is 2.65. The van der Waals surface area contributed by atoms with Crippen molar-refractivity contribution >= 4 is 15.8 Å². The number of hydrogen-bond donors (Lipinski definition) is 2. The Kier molecular flexibility index (Phi) is 6.32. The lowest BCUT2D eigenvalue weighted by molar-refractivity contribution is 0.129. The fourth-order valence-corrected chi connectivity index (χ4v) is 4.32. The molecule has 1 aliphatic heterocycles. The van der Waals surface area contributed by atoms with Crippen LogP contribution in [0.3, 0.4) is 0 Å². The average molecular weight is 368 g/mol. The van der Waals surface area contributed by atoms with E-state index in [1.165, 1.54) is 0 Å². The summed E-state index contributed by atoms with van der Waals surface area (Å²) in [5.74, 6) is 1.86. The summed E-state index contributed by atoms with van der Waals surface area (Å²) in [7, 11) is -2.92. The summed E-state index contributed by atoms with van der Waals surface area (Å²) in [5, 5.41) is 6.41. The van der Waals surface area contributed by atoms with Gasteiger partial charge in [0.25, 0.3) is 0 Å². The van der Waals surface area contributed by atoms with Crippen LogP contribution < -0.4 is 15.4 Å². The van der Waals surface area contributed by atoms with E-state index < -0.39 is 9.84 Å². The number of benzene rings is 1. The van der Waals surface area contributed by atoms with Crippen LogP contribution in [0.1, 0.15) is 39.7 Å². The molecule has 1 aliphatic rings. The number of rotatable bonds is 5. The first-order valence-electron chi connectivity index (χ1n) is 8.71. The van der Waals surface area contributed by atoms with Gasteiger partial charge in [0, 0.05) is 18.2 Å². The fraction of sp³-hybridized carbons (Fsp3) is 0.611. The molecule has 2 rings (SSSR count). The normalized spacial score (nSPS) is 20.3. The molecule has 0 aliphatic carbocycles. The zero-order valence-corrected chi connectivity index (χ0v) is 16.3. The summed E-state index contributed by atoms with van der Waals surface area (Å²) in [4.78, 5) is 4.61. The van der Waals surface area contributed by atoms with Gasteiger partial charge in [-0.25, -0.2) is 13.4 Å². The first-order valence-corrected chi connectivity index (χ1v) is 10.5. The topological polar surface area (TPSA) is 79.8 Å². The van der Waals surface area contributed by atoms with Crippen LogP contribution in [-0.2, 0) is 16.4 Å². The van der Waals surface area contributed by atoms with E-state index in [2.05, 4.69) is 15.6 Å². The monoisotopic (exact) mass is 367 g/mol. The molecule has 2 N–H and O–H groups in total. The van der Waals surface area contributed by atoms with E-state index in [1.54, 1.807) is 0 Å². The van der Waals surface area contributed by atoms with Crippen molar-refractivity contribution in [2.24, 2.45) is 4.99 Å². The van der Waals surface area contributed by atoms with Crippen LogP contribution >= 0.6 is 0 Å². The second kappa shape index (κ2) is 8.08. The van der Waals surface area contributed by atoms with E-state index in [0.717, 1.165) is 11.3 Å². The van der Waals surface area contributed by atoms with Crippen molar-refractivity contribution < 1.29 is 13.2 Å². The predicted octanol–water partition coefficient (Wildman–Crippen LogP) is 2.11. The highest BCUT2D eigenvalue weighted by Gasteiger charge is 2.28. The van der Waals surface area contributed by atoms with Crippen LogP contribution in [0.2, 0.25) is 0 Å². The van der Waals surface area contributed by atoms with E-state index in [-0.39, 0.29) is 23.1 Å². The number of nitrogens with one attached hydrogen (secondary N) is 2. The Morgan fingerprint density at radius 3 is 2.64 bits per heavy atom. The lowest BCUT2D eigenvalue weighted by Gasteiger charge is -2.23. The summed E-state index contributed by atoms with van der Waals surface area (Å²) in [6, 6.07) is 7.77. The van der Waals surface area contributed by atoms with Gasteiger partial charge >= 0.3 is 0 Å². The second-order valence-electron chi connectivity index (χ2n) is 7.26. The smallest absolute Gasteiger partial charge is 0.191 e. The summed E-state index contributed by atoms with van der Waals surface area (Å²) >= 11 is 0. The quantitative estimate of drug-likeness (QED) is 0.615. The zero-order chi connectivity index (χ0) is 18.5. The molecule has 0 amide bonds. The molecular formula is C18H29N3O3S. The molecular weight excluding hydrogens is 338 g/mol. The van der Waals surface area contributed by atoms with Gasteiger partial charge in [-0.05, 0) is 40.2 Å². The number of para-hydroxylation sites is 1. The summed E-state index contributed by atoms with van der Waals surface area (Å²) in [5.41, 5.74) is 0.717. The average Bonchev–Trinajstić information content (AvgIpc) is 2.83. The number of ether oxygens (including phenoxy) is 1. The Morgan fingerprint density at radius 1 is 1.32 bits per heavy atom. The van der Waals surface area contributed by atoms with Gasteiger partial charge in [0.15, 0.2) is 15.8 Å². The Bertz CT molecular complexity index is 709. The first-order chi connectivity index (χ1) is 11.7. The van der Waals surface area contributed by atoms with E-state index >= 15 is 0 Å². The Hall–Kier alpha value is -1.76. The minimum atomic E-state index is -2.92. The van der Waals surface area contributed by atoms with Crippen LogP contribution in [0.5, 0.6) is 5.75 Å². The molecule has 1 saturated heterocycles. The lowest BCUT2D eigenvalue weighted by Crippen LogP contribution is -2.44. The molecule has 7 heteroatoms. The Morgan fingerprint density at radius 2 is 2.04 bits per heavy atom. The number of nitrogens with zero attached hydrogens (tertiary/aromatic N) is 1. The van der Waals surface area contributed by atoms with Gasteiger partial charge in [-0.3, -0.25) is 0 Å². The number of aliphatic imine (C=N–C) groups is 1. The van der Waals surface area contributed by atoms with Crippen molar-refractivity contribution in [3.63, 3.8) is 0 Å². The lowest BCUT2D eigenvalue weighted by atomic mass is 10.1. The first kappa shape index (κ1) is 19.6. The van der Waals surface area contributed by atoms with E-state index in [9.17, 15) is 8.42 Å². The summed E-state index contributed by atoms with van der Waals surface area (Å²) in [6.07, 6.45) is 0.621. The molecule has 1 fully saturated rings. The van der Waals surface area contributed by atoms with E-state index in [1.807, 2.05) is 52.0 Å². The molecule has 140 valence electrons. The molecule has 0 radical (unpaired) electrons. The van der Waals surface area contributed by atoms with Crippen molar-refractivity contribution in [1.82, 2.24) is 10.6 Å². The summed E-state index contributed by atoms with van der Waals surface area (Å²) < 4.78 is 29.2. The molecule has 0 aromatic heterocycles. The summed E-state index contributed by atoms with van der Waals surface area (Å²) in [6.45, 7) is 9.20. The maximum Gasteiger partial charge on any atom is 0.191 e. The minimum Gasteiger partial charge on any atom is -0.488 e. The maximum absolute atomic E-state index is 11.6. The third-order valence-electron chi connectivity index (χ3n) is 3.71. The number of hydrogen-bond acceptors (Lipinski definition) is 4. The number of sulfone groups is 1.